The summed E-state index contributed by atoms with van der Waals surface area (Å²) >= 11 is 1.44. The maximum Gasteiger partial charge on any atom is 0.243 e. The van der Waals surface area contributed by atoms with E-state index < -0.39 is 10.0 Å². The van der Waals surface area contributed by atoms with E-state index in [0.717, 1.165) is 16.0 Å². The van der Waals surface area contributed by atoms with Crippen molar-refractivity contribution in [3.05, 3.63) is 40.4 Å². The third-order valence-electron chi connectivity index (χ3n) is 5.35. The van der Waals surface area contributed by atoms with E-state index in [9.17, 15) is 13.2 Å². The van der Waals surface area contributed by atoms with Gasteiger partial charge in [0, 0.05) is 30.1 Å². The highest BCUT2D eigenvalue weighted by Gasteiger charge is 2.33. The summed E-state index contributed by atoms with van der Waals surface area (Å²) in [4.78, 5) is 18.1. The number of thiazole rings is 1. The highest BCUT2D eigenvalue weighted by Crippen LogP contribution is 2.30. The van der Waals surface area contributed by atoms with Crippen molar-refractivity contribution in [2.45, 2.75) is 57.8 Å². The normalized spacial score (nSPS) is 16.7. The van der Waals surface area contributed by atoms with Crippen LogP contribution in [0.4, 0.5) is 5.13 Å². The van der Waals surface area contributed by atoms with Crippen molar-refractivity contribution in [2.24, 2.45) is 5.92 Å². The van der Waals surface area contributed by atoms with Gasteiger partial charge in [0.05, 0.1) is 4.90 Å². The maximum absolute atomic E-state index is 13.3. The zero-order chi connectivity index (χ0) is 21.4. The van der Waals surface area contributed by atoms with Crippen LogP contribution in [0.3, 0.4) is 0 Å². The fourth-order valence-electron chi connectivity index (χ4n) is 3.46. The highest BCUT2D eigenvalue weighted by molar-refractivity contribution is 7.89. The van der Waals surface area contributed by atoms with Gasteiger partial charge in [-0.15, -0.1) is 11.3 Å². The number of amides is 1. The Morgan fingerprint density at radius 2 is 1.86 bits per heavy atom. The average Bonchev–Trinajstić information content (AvgIpc) is 3.05. The highest BCUT2D eigenvalue weighted by atomic mass is 32.2. The molecule has 0 saturated carbocycles. The molecule has 1 N–H and O–H groups in total. The zero-order valence-corrected chi connectivity index (χ0v) is 19.3. The second-order valence-electron chi connectivity index (χ2n) is 8.67. The van der Waals surface area contributed by atoms with Gasteiger partial charge in [0.1, 0.15) is 0 Å². The van der Waals surface area contributed by atoms with Crippen LogP contribution in [0.25, 0.3) is 0 Å². The number of hydrogen-bond acceptors (Lipinski definition) is 5. The number of aryl methyl sites for hydroxylation is 2. The first-order valence-electron chi connectivity index (χ1n) is 9.83. The van der Waals surface area contributed by atoms with Crippen LogP contribution in [0.5, 0.6) is 0 Å². The van der Waals surface area contributed by atoms with Crippen LogP contribution in [0.1, 0.15) is 49.6 Å². The average molecular weight is 436 g/mol. The van der Waals surface area contributed by atoms with Crippen molar-refractivity contribution in [1.82, 2.24) is 9.29 Å². The van der Waals surface area contributed by atoms with Crippen LogP contribution >= 0.6 is 11.3 Å². The molecule has 1 amide bonds. The van der Waals surface area contributed by atoms with E-state index in [2.05, 4.69) is 31.1 Å². The number of anilines is 1. The molecular weight excluding hydrogens is 406 g/mol. The van der Waals surface area contributed by atoms with Gasteiger partial charge in [-0.25, -0.2) is 13.4 Å². The van der Waals surface area contributed by atoms with Gasteiger partial charge in [-0.3, -0.25) is 4.79 Å². The molecule has 158 valence electrons. The number of carbonyl (C=O) groups is 1. The first-order chi connectivity index (χ1) is 13.5. The minimum Gasteiger partial charge on any atom is -0.302 e. The van der Waals surface area contributed by atoms with E-state index >= 15 is 0 Å². The lowest BCUT2D eigenvalue weighted by Gasteiger charge is -2.31. The first-order valence-corrected chi connectivity index (χ1v) is 12.1. The molecule has 29 heavy (non-hydrogen) atoms. The van der Waals surface area contributed by atoms with Gasteiger partial charge in [0.15, 0.2) is 5.13 Å². The molecule has 3 rings (SSSR count). The van der Waals surface area contributed by atoms with Crippen molar-refractivity contribution in [1.29, 1.82) is 0 Å². The molecule has 6 nitrogen and oxygen atoms in total. The molecule has 0 radical (unpaired) electrons. The predicted molar refractivity (Wildman–Crippen MR) is 117 cm³/mol. The Hall–Kier alpha value is -1.77. The minimum atomic E-state index is -3.59. The number of piperidine rings is 1. The molecule has 1 aliphatic heterocycles. The van der Waals surface area contributed by atoms with Crippen LogP contribution in [-0.2, 0) is 20.2 Å². The van der Waals surface area contributed by atoms with Crippen LogP contribution in [0.15, 0.2) is 29.3 Å². The Morgan fingerprint density at radius 1 is 1.21 bits per heavy atom. The van der Waals surface area contributed by atoms with Crippen molar-refractivity contribution in [2.75, 3.05) is 18.4 Å². The molecule has 1 saturated heterocycles. The molecule has 8 heteroatoms. The second-order valence-corrected chi connectivity index (χ2v) is 11.8. The number of nitrogens with one attached hydrogen (secondary N) is 1. The molecule has 0 aliphatic carbocycles. The molecule has 2 aromatic rings. The summed E-state index contributed by atoms with van der Waals surface area (Å²) in [6.07, 6.45) is 2.74. The van der Waals surface area contributed by atoms with Gasteiger partial charge >= 0.3 is 0 Å². The van der Waals surface area contributed by atoms with Crippen LogP contribution < -0.4 is 5.32 Å². The molecule has 0 atom stereocenters. The Bertz CT molecular complexity index is 998. The lowest BCUT2D eigenvalue weighted by atomic mass is 9.87. The fraction of sp³-hybridized carbons (Fsp3) is 0.524. The maximum atomic E-state index is 13.3. The molecular formula is C21H29N3O3S2. The van der Waals surface area contributed by atoms with Crippen LogP contribution in [0, 0.1) is 19.8 Å². The summed E-state index contributed by atoms with van der Waals surface area (Å²) in [5.41, 5.74) is 1.61. The van der Waals surface area contributed by atoms with Crippen molar-refractivity contribution >= 4 is 32.4 Å². The number of sulfonamides is 1. The van der Waals surface area contributed by atoms with E-state index in [1.165, 1.54) is 15.6 Å². The number of rotatable bonds is 4. The second kappa shape index (κ2) is 8.16. The summed E-state index contributed by atoms with van der Waals surface area (Å²) < 4.78 is 28.1. The van der Waals surface area contributed by atoms with Gasteiger partial charge in [-0.1, -0.05) is 32.9 Å². The van der Waals surface area contributed by atoms with Crippen LogP contribution in [-0.4, -0.2) is 36.7 Å². The quantitative estimate of drug-likeness (QED) is 0.784. The minimum absolute atomic E-state index is 0.0812. The zero-order valence-electron chi connectivity index (χ0n) is 17.7. The molecule has 1 aromatic carbocycles. The monoisotopic (exact) mass is 435 g/mol. The van der Waals surface area contributed by atoms with E-state index in [0.29, 0.717) is 36.0 Å². The van der Waals surface area contributed by atoms with Crippen molar-refractivity contribution < 1.29 is 13.2 Å². The topological polar surface area (TPSA) is 79.4 Å². The predicted octanol–water partition coefficient (Wildman–Crippen LogP) is 4.10. The first kappa shape index (κ1) is 21.9. The SMILES string of the molecule is Cc1cnc(NC(=O)C2CCN(S(=O)(=O)c3cc(C(C)(C)C)ccc3C)CC2)s1. The summed E-state index contributed by atoms with van der Waals surface area (Å²) in [6, 6.07) is 5.67. The molecule has 1 aliphatic rings. The van der Waals surface area contributed by atoms with Gasteiger partial charge in [0.25, 0.3) is 0 Å². The summed E-state index contributed by atoms with van der Waals surface area (Å²) in [5, 5.41) is 3.45. The largest absolute Gasteiger partial charge is 0.302 e. The molecule has 2 heterocycles. The Kier molecular flexibility index (Phi) is 6.17. The standard InChI is InChI=1S/C21H29N3O3S2/c1-14-6-7-17(21(3,4)5)12-18(14)29(26,27)24-10-8-16(9-11-24)19(25)23-20-22-13-15(2)28-20/h6-7,12-13,16H,8-11H2,1-5H3,(H,22,23,25). The van der Waals surface area contributed by atoms with Crippen molar-refractivity contribution in [3.8, 4) is 0 Å². The van der Waals surface area contributed by atoms with Gasteiger partial charge in [-0.2, -0.15) is 4.31 Å². The number of carbonyl (C=O) groups excluding carboxylic acids is 1. The van der Waals surface area contributed by atoms with Gasteiger partial charge < -0.3 is 5.32 Å². The van der Waals surface area contributed by atoms with Gasteiger partial charge in [-0.05, 0) is 49.3 Å². The summed E-state index contributed by atoms with van der Waals surface area (Å²) in [5.74, 6) is -0.282. The lowest BCUT2D eigenvalue weighted by molar-refractivity contribution is -0.120. The van der Waals surface area contributed by atoms with E-state index in [1.807, 2.05) is 26.0 Å². The number of aromatic nitrogens is 1. The Morgan fingerprint density at radius 3 is 2.41 bits per heavy atom. The van der Waals surface area contributed by atoms with E-state index in [-0.39, 0.29) is 17.2 Å². The van der Waals surface area contributed by atoms with E-state index in [1.54, 1.807) is 12.3 Å². The van der Waals surface area contributed by atoms with Gasteiger partial charge in [0.2, 0.25) is 15.9 Å². The van der Waals surface area contributed by atoms with Crippen molar-refractivity contribution in [3.63, 3.8) is 0 Å². The van der Waals surface area contributed by atoms with E-state index in [4.69, 9.17) is 0 Å². The number of hydrogen-bond donors (Lipinski definition) is 1. The molecule has 0 unspecified atom stereocenters. The summed E-state index contributed by atoms with van der Waals surface area (Å²) in [7, 11) is -3.59. The molecule has 0 spiro atoms. The Balaban J connectivity index is 1.71. The third-order valence-corrected chi connectivity index (χ3v) is 8.22. The molecule has 1 aromatic heterocycles. The molecule has 0 bridgehead atoms. The number of benzene rings is 1. The lowest BCUT2D eigenvalue weighted by Crippen LogP contribution is -2.41. The van der Waals surface area contributed by atoms with Crippen LogP contribution in [0.2, 0.25) is 0 Å². The number of nitrogens with zero attached hydrogens (tertiary/aromatic N) is 2. The smallest absolute Gasteiger partial charge is 0.243 e. The fourth-order valence-corrected chi connectivity index (χ4v) is 5.85. The summed E-state index contributed by atoms with van der Waals surface area (Å²) in [6.45, 7) is 10.7. The molecule has 1 fully saturated rings. The Labute approximate surface area is 177 Å². The third kappa shape index (κ3) is 4.87.